The molecule has 6 rings (SSSR count). The lowest BCUT2D eigenvalue weighted by Crippen LogP contribution is -2.35. The topological polar surface area (TPSA) is 95.9 Å². The molecule has 0 radical (unpaired) electrons. The average Bonchev–Trinajstić information content (AvgIpc) is 3.67. The molecule has 2 aliphatic rings. The maximum atomic E-state index is 12.7. The first kappa shape index (κ1) is 27.2. The molecule has 0 bridgehead atoms. The van der Waals surface area contributed by atoms with Crippen molar-refractivity contribution in [2.45, 2.75) is 84.9 Å². The Bertz CT molecular complexity index is 1600. The van der Waals surface area contributed by atoms with Crippen molar-refractivity contribution in [3.8, 4) is 34.0 Å². The number of carbonyl (C=O) groups excluding carboxylic acids is 1. The second-order valence-electron chi connectivity index (χ2n) is 12.6. The third-order valence-corrected chi connectivity index (χ3v) is 7.95. The molecule has 0 aliphatic carbocycles. The summed E-state index contributed by atoms with van der Waals surface area (Å²) in [5.41, 5.74) is 6.24. The number of rotatable bonds is 4. The van der Waals surface area contributed by atoms with Gasteiger partial charge in [-0.25, -0.2) is 19.4 Å². The predicted octanol–water partition coefficient (Wildman–Crippen LogP) is 5.77. The van der Waals surface area contributed by atoms with Crippen LogP contribution in [0, 0.1) is 6.92 Å². The van der Waals surface area contributed by atoms with Crippen LogP contribution in [0.15, 0.2) is 30.6 Å². The van der Waals surface area contributed by atoms with Gasteiger partial charge >= 0.3 is 6.09 Å². The Morgan fingerprint density at radius 1 is 1.10 bits per heavy atom. The Morgan fingerprint density at radius 3 is 2.66 bits per heavy atom. The summed E-state index contributed by atoms with van der Waals surface area (Å²) in [6.07, 6.45) is 6.74. The Hall–Kier alpha value is -3.95. The number of imidazole rings is 1. The van der Waals surface area contributed by atoms with Gasteiger partial charge < -0.3 is 14.2 Å². The average molecular weight is 557 g/mol. The lowest BCUT2D eigenvalue weighted by atomic mass is 9.93. The third-order valence-electron chi connectivity index (χ3n) is 7.95. The maximum Gasteiger partial charge on any atom is 0.410 e. The Morgan fingerprint density at radius 2 is 1.90 bits per heavy atom. The van der Waals surface area contributed by atoms with E-state index in [1.807, 2.05) is 55.2 Å². The van der Waals surface area contributed by atoms with E-state index in [2.05, 4.69) is 53.0 Å². The van der Waals surface area contributed by atoms with Crippen LogP contribution < -0.4 is 0 Å². The molecule has 0 spiro atoms. The van der Waals surface area contributed by atoms with Gasteiger partial charge in [0.15, 0.2) is 5.82 Å². The second-order valence-corrected chi connectivity index (χ2v) is 12.6. The molecule has 1 aromatic carbocycles. The van der Waals surface area contributed by atoms with Gasteiger partial charge in [0.1, 0.15) is 22.9 Å². The minimum Gasteiger partial charge on any atom is -0.444 e. The summed E-state index contributed by atoms with van der Waals surface area (Å²) in [5.74, 6) is 2.75. The van der Waals surface area contributed by atoms with Crippen LogP contribution in [0.25, 0.3) is 34.0 Å². The van der Waals surface area contributed by atoms with Crippen molar-refractivity contribution in [3.05, 3.63) is 47.7 Å². The van der Waals surface area contributed by atoms with Crippen molar-refractivity contribution in [2.24, 2.45) is 7.05 Å². The van der Waals surface area contributed by atoms with Gasteiger partial charge in [-0.2, -0.15) is 10.2 Å². The molecule has 10 heteroatoms. The summed E-state index contributed by atoms with van der Waals surface area (Å²) in [6, 6.07) is 6.90. The highest BCUT2D eigenvalue weighted by molar-refractivity contribution is 5.74. The van der Waals surface area contributed by atoms with Gasteiger partial charge in [-0.3, -0.25) is 4.68 Å². The first-order valence-corrected chi connectivity index (χ1v) is 14.6. The molecular formula is C31H40N8O2. The molecule has 3 aromatic heterocycles. The zero-order valence-electron chi connectivity index (χ0n) is 25.2. The fourth-order valence-electron chi connectivity index (χ4n) is 6.13. The van der Waals surface area contributed by atoms with Crippen molar-refractivity contribution in [1.29, 1.82) is 0 Å². The highest BCUT2D eigenvalue weighted by atomic mass is 16.6. The van der Waals surface area contributed by atoms with E-state index in [9.17, 15) is 4.79 Å². The highest BCUT2D eigenvalue weighted by Crippen LogP contribution is 2.38. The molecule has 0 N–H and O–H groups in total. The van der Waals surface area contributed by atoms with Crippen LogP contribution in [0.5, 0.6) is 0 Å². The van der Waals surface area contributed by atoms with Gasteiger partial charge in [-0.1, -0.05) is 18.2 Å². The monoisotopic (exact) mass is 556 g/mol. The molecule has 0 saturated carbocycles. The molecule has 216 valence electrons. The van der Waals surface area contributed by atoms with Crippen molar-refractivity contribution in [2.75, 3.05) is 13.1 Å². The van der Waals surface area contributed by atoms with Crippen LogP contribution in [-0.2, 0) is 24.8 Å². The fraction of sp³-hybridized carbons (Fsp3) is 0.516. The van der Waals surface area contributed by atoms with Crippen LogP contribution in [0.2, 0.25) is 0 Å². The minimum atomic E-state index is -0.505. The normalized spacial score (nSPS) is 17.1. The number of hydrogen-bond donors (Lipinski definition) is 0. The maximum absolute atomic E-state index is 12.7. The number of hydrogen-bond acceptors (Lipinski definition) is 6. The van der Waals surface area contributed by atoms with E-state index in [0.29, 0.717) is 13.1 Å². The van der Waals surface area contributed by atoms with E-state index in [1.54, 1.807) is 0 Å². The number of carbonyl (C=O) groups is 1. The minimum absolute atomic E-state index is 0.201. The van der Waals surface area contributed by atoms with Gasteiger partial charge in [0.25, 0.3) is 0 Å². The Labute approximate surface area is 241 Å². The van der Waals surface area contributed by atoms with E-state index in [0.717, 1.165) is 71.4 Å². The number of ether oxygens (including phenoxy) is 1. The standard InChI is InChI=1S/C31H40N8O2/c1-19(2)39-29(33-20(3)35-39)26-18-37-13-8-9-21-15-22(10-11-24(21)28(37)34-26)25-16-32-36(7)27(25)23-12-14-38(17-23)30(40)41-31(4,5)6/h10-11,15-16,18-19,23H,8-9,12-14,17H2,1-7H3. The van der Waals surface area contributed by atoms with Crippen LogP contribution in [-0.4, -0.2) is 63.8 Å². The largest absolute Gasteiger partial charge is 0.444 e. The van der Waals surface area contributed by atoms with Crippen LogP contribution in [0.4, 0.5) is 4.79 Å². The number of likely N-dealkylation sites (tertiary alicyclic amines) is 1. The van der Waals surface area contributed by atoms with Gasteiger partial charge in [0.2, 0.25) is 0 Å². The number of benzene rings is 1. The SMILES string of the molecule is Cc1nc(-c2cn3c(n2)-c2ccc(-c4cnn(C)c4C4CCN(C(=O)OC(C)(C)C)C4)cc2CCC3)n(C(C)C)n1. The zero-order valence-corrected chi connectivity index (χ0v) is 25.2. The summed E-state index contributed by atoms with van der Waals surface area (Å²) in [4.78, 5) is 24.3. The Balaban J connectivity index is 1.31. The number of aromatic nitrogens is 7. The van der Waals surface area contributed by atoms with E-state index >= 15 is 0 Å². The number of aryl methyl sites for hydroxylation is 4. The van der Waals surface area contributed by atoms with E-state index in [1.165, 1.54) is 5.56 Å². The van der Waals surface area contributed by atoms with Crippen molar-refractivity contribution in [1.82, 2.24) is 39.0 Å². The zero-order chi connectivity index (χ0) is 29.1. The summed E-state index contributed by atoms with van der Waals surface area (Å²) in [6.45, 7) is 14.1. The van der Waals surface area contributed by atoms with Crippen LogP contribution in [0.3, 0.4) is 0 Å². The summed E-state index contributed by atoms with van der Waals surface area (Å²) < 4.78 is 11.8. The highest BCUT2D eigenvalue weighted by Gasteiger charge is 2.33. The molecular weight excluding hydrogens is 516 g/mol. The van der Waals surface area contributed by atoms with Gasteiger partial charge in [-0.05, 0) is 71.9 Å². The van der Waals surface area contributed by atoms with E-state index in [4.69, 9.17) is 14.7 Å². The lowest BCUT2D eigenvalue weighted by Gasteiger charge is -2.24. The second kappa shape index (κ2) is 10.2. The molecule has 1 amide bonds. The molecule has 1 atom stereocenters. The third kappa shape index (κ3) is 5.15. The molecule has 10 nitrogen and oxygen atoms in total. The summed E-state index contributed by atoms with van der Waals surface area (Å²) in [5, 5.41) is 9.24. The van der Waals surface area contributed by atoms with Crippen molar-refractivity contribution in [3.63, 3.8) is 0 Å². The smallest absolute Gasteiger partial charge is 0.410 e. The Kier molecular flexibility index (Phi) is 6.74. The van der Waals surface area contributed by atoms with Crippen LogP contribution in [0.1, 0.15) is 76.5 Å². The molecule has 2 aliphatic heterocycles. The predicted molar refractivity (Wildman–Crippen MR) is 157 cm³/mol. The van der Waals surface area contributed by atoms with Gasteiger partial charge in [0, 0.05) is 56.0 Å². The van der Waals surface area contributed by atoms with Crippen LogP contribution >= 0.6 is 0 Å². The van der Waals surface area contributed by atoms with E-state index in [-0.39, 0.29) is 18.1 Å². The first-order chi connectivity index (χ1) is 19.5. The van der Waals surface area contributed by atoms with Gasteiger partial charge in [0.05, 0.1) is 11.9 Å². The number of fused-ring (bicyclic) bond motifs is 3. The number of amides is 1. The number of nitrogens with zero attached hydrogens (tertiary/aromatic N) is 8. The van der Waals surface area contributed by atoms with Crippen molar-refractivity contribution >= 4 is 6.09 Å². The molecule has 1 saturated heterocycles. The quantitative estimate of drug-likeness (QED) is 0.317. The molecule has 5 heterocycles. The summed E-state index contributed by atoms with van der Waals surface area (Å²) >= 11 is 0. The van der Waals surface area contributed by atoms with E-state index < -0.39 is 5.60 Å². The lowest BCUT2D eigenvalue weighted by molar-refractivity contribution is 0.0292. The first-order valence-electron chi connectivity index (χ1n) is 14.6. The summed E-state index contributed by atoms with van der Waals surface area (Å²) in [7, 11) is 1.99. The molecule has 1 unspecified atom stereocenters. The fourth-order valence-corrected chi connectivity index (χ4v) is 6.13. The van der Waals surface area contributed by atoms with Gasteiger partial charge in [-0.15, -0.1) is 0 Å². The molecule has 41 heavy (non-hydrogen) atoms. The molecule has 4 aromatic rings. The van der Waals surface area contributed by atoms with Crippen molar-refractivity contribution < 1.29 is 9.53 Å². The molecule has 1 fully saturated rings.